The largest absolute Gasteiger partial charge is 0.314 e. The van der Waals surface area contributed by atoms with E-state index < -0.39 is 0 Å². The van der Waals surface area contributed by atoms with Crippen molar-refractivity contribution < 1.29 is 0 Å². The number of piperazine rings is 1. The molecule has 1 fully saturated rings. The molecule has 1 saturated heterocycles. The lowest BCUT2D eigenvalue weighted by molar-refractivity contribution is 0.162. The Kier molecular flexibility index (Phi) is 6.41. The molecular formula is C11H23ClN2. The average Bonchev–Trinajstić information content (AvgIpc) is 2.04. The fourth-order valence-electron chi connectivity index (χ4n) is 1.93. The third-order valence-corrected chi connectivity index (χ3v) is 2.56. The minimum Gasteiger partial charge on any atom is -0.314 e. The van der Waals surface area contributed by atoms with E-state index in [0.29, 0.717) is 5.41 Å². The normalized spacial score (nSPS) is 18.7. The molecule has 2 nitrogen and oxygen atoms in total. The van der Waals surface area contributed by atoms with Crippen molar-refractivity contribution in [2.75, 3.05) is 32.7 Å². The van der Waals surface area contributed by atoms with Crippen molar-refractivity contribution in [2.45, 2.75) is 20.3 Å². The van der Waals surface area contributed by atoms with Crippen molar-refractivity contribution in [1.29, 1.82) is 0 Å². The standard InChI is InChI=1S/C11H22N2.ClH/c1-4-5-11(2,3)10-13-8-6-12-7-9-13;/h4,12H,1,5-10H2,2-3H3;1H. The monoisotopic (exact) mass is 218 g/mol. The molecule has 0 aromatic carbocycles. The number of nitrogens with zero attached hydrogens (tertiary/aromatic N) is 1. The lowest BCUT2D eigenvalue weighted by Crippen LogP contribution is -2.46. The highest BCUT2D eigenvalue weighted by Gasteiger charge is 2.21. The number of halogens is 1. The van der Waals surface area contributed by atoms with Crippen LogP contribution < -0.4 is 5.32 Å². The highest BCUT2D eigenvalue weighted by Crippen LogP contribution is 2.22. The van der Waals surface area contributed by atoms with Gasteiger partial charge < -0.3 is 10.2 Å². The maximum Gasteiger partial charge on any atom is 0.0108 e. The van der Waals surface area contributed by atoms with Crippen molar-refractivity contribution in [3.8, 4) is 0 Å². The van der Waals surface area contributed by atoms with Crippen molar-refractivity contribution >= 4 is 12.4 Å². The van der Waals surface area contributed by atoms with E-state index in [2.05, 4.69) is 30.6 Å². The van der Waals surface area contributed by atoms with Crippen LogP contribution in [0, 0.1) is 5.41 Å². The van der Waals surface area contributed by atoms with Gasteiger partial charge in [0.25, 0.3) is 0 Å². The second-order valence-corrected chi connectivity index (χ2v) is 4.68. The number of hydrogen-bond acceptors (Lipinski definition) is 2. The van der Waals surface area contributed by atoms with Gasteiger partial charge in [0, 0.05) is 32.7 Å². The van der Waals surface area contributed by atoms with Crippen LogP contribution in [0.15, 0.2) is 12.7 Å². The summed E-state index contributed by atoms with van der Waals surface area (Å²) in [7, 11) is 0. The zero-order valence-corrected chi connectivity index (χ0v) is 10.2. The topological polar surface area (TPSA) is 15.3 Å². The summed E-state index contributed by atoms with van der Waals surface area (Å²) in [5.74, 6) is 0. The van der Waals surface area contributed by atoms with Crippen LogP contribution in [0.4, 0.5) is 0 Å². The zero-order chi connectivity index (χ0) is 9.73. The van der Waals surface area contributed by atoms with Crippen LogP contribution in [0.2, 0.25) is 0 Å². The molecular weight excluding hydrogens is 196 g/mol. The van der Waals surface area contributed by atoms with E-state index in [1.54, 1.807) is 0 Å². The molecule has 0 atom stereocenters. The lowest BCUT2D eigenvalue weighted by atomic mass is 9.88. The first-order valence-electron chi connectivity index (χ1n) is 5.18. The summed E-state index contributed by atoms with van der Waals surface area (Å²) in [5.41, 5.74) is 0.388. The second-order valence-electron chi connectivity index (χ2n) is 4.68. The molecule has 0 bridgehead atoms. The third kappa shape index (κ3) is 4.99. The van der Waals surface area contributed by atoms with Gasteiger partial charge >= 0.3 is 0 Å². The van der Waals surface area contributed by atoms with E-state index in [1.807, 2.05) is 6.08 Å². The maximum atomic E-state index is 3.81. The molecule has 14 heavy (non-hydrogen) atoms. The van der Waals surface area contributed by atoms with E-state index in [9.17, 15) is 0 Å². The molecule has 1 rings (SSSR count). The van der Waals surface area contributed by atoms with Crippen LogP contribution in [-0.2, 0) is 0 Å². The predicted molar refractivity (Wildman–Crippen MR) is 65.2 cm³/mol. The van der Waals surface area contributed by atoms with Crippen molar-refractivity contribution in [3.05, 3.63) is 12.7 Å². The minimum absolute atomic E-state index is 0. The van der Waals surface area contributed by atoms with Gasteiger partial charge in [-0.2, -0.15) is 0 Å². The van der Waals surface area contributed by atoms with E-state index in [0.717, 1.165) is 19.5 Å². The second kappa shape index (κ2) is 6.44. The number of allylic oxidation sites excluding steroid dienone is 1. The molecule has 0 unspecified atom stereocenters. The molecule has 3 heteroatoms. The van der Waals surface area contributed by atoms with Crippen LogP contribution in [0.25, 0.3) is 0 Å². The molecule has 0 amide bonds. The Morgan fingerprint density at radius 1 is 1.36 bits per heavy atom. The first kappa shape index (κ1) is 13.9. The smallest absolute Gasteiger partial charge is 0.0108 e. The quantitative estimate of drug-likeness (QED) is 0.726. The van der Waals surface area contributed by atoms with Gasteiger partial charge in [0.15, 0.2) is 0 Å². The molecule has 84 valence electrons. The van der Waals surface area contributed by atoms with Crippen LogP contribution in [0.3, 0.4) is 0 Å². The van der Waals surface area contributed by atoms with Crippen LogP contribution >= 0.6 is 12.4 Å². The Bertz CT molecular complexity index is 163. The summed E-state index contributed by atoms with van der Waals surface area (Å²) >= 11 is 0. The Balaban J connectivity index is 0.00000169. The minimum atomic E-state index is 0. The molecule has 0 aromatic heterocycles. The SMILES string of the molecule is C=CCC(C)(C)CN1CCNCC1.Cl. The van der Waals surface area contributed by atoms with Crippen LogP contribution in [0.1, 0.15) is 20.3 Å². The van der Waals surface area contributed by atoms with Gasteiger partial charge in [-0.1, -0.05) is 19.9 Å². The summed E-state index contributed by atoms with van der Waals surface area (Å²) in [6, 6.07) is 0. The molecule has 0 spiro atoms. The number of nitrogens with one attached hydrogen (secondary N) is 1. The van der Waals surface area contributed by atoms with E-state index in [4.69, 9.17) is 0 Å². The summed E-state index contributed by atoms with van der Waals surface area (Å²) in [5, 5.41) is 3.37. The lowest BCUT2D eigenvalue weighted by Gasteiger charge is -2.34. The highest BCUT2D eigenvalue weighted by atomic mass is 35.5. The zero-order valence-electron chi connectivity index (χ0n) is 9.38. The van der Waals surface area contributed by atoms with Gasteiger partial charge in [0.1, 0.15) is 0 Å². The average molecular weight is 219 g/mol. The van der Waals surface area contributed by atoms with Gasteiger partial charge in [-0.25, -0.2) is 0 Å². The molecule has 1 aliphatic rings. The van der Waals surface area contributed by atoms with E-state index in [-0.39, 0.29) is 12.4 Å². The Labute approximate surface area is 94.2 Å². The summed E-state index contributed by atoms with van der Waals surface area (Å²) in [4.78, 5) is 2.54. The maximum absolute atomic E-state index is 3.81. The van der Waals surface area contributed by atoms with Crippen molar-refractivity contribution in [3.63, 3.8) is 0 Å². The Hall–Kier alpha value is -0.0500. The van der Waals surface area contributed by atoms with Crippen molar-refractivity contribution in [1.82, 2.24) is 10.2 Å². The van der Waals surface area contributed by atoms with E-state index >= 15 is 0 Å². The van der Waals surface area contributed by atoms with E-state index in [1.165, 1.54) is 19.6 Å². The first-order chi connectivity index (χ1) is 6.14. The first-order valence-corrected chi connectivity index (χ1v) is 5.18. The fourth-order valence-corrected chi connectivity index (χ4v) is 1.93. The number of hydrogen-bond donors (Lipinski definition) is 1. The predicted octanol–water partition coefficient (Wildman–Crippen LogP) is 1.92. The number of rotatable bonds is 4. The highest BCUT2D eigenvalue weighted by molar-refractivity contribution is 5.85. The molecule has 1 N–H and O–H groups in total. The third-order valence-electron chi connectivity index (χ3n) is 2.56. The van der Waals surface area contributed by atoms with Crippen LogP contribution in [0.5, 0.6) is 0 Å². The molecule has 0 aliphatic carbocycles. The molecule has 0 aromatic rings. The Morgan fingerprint density at radius 2 is 1.93 bits per heavy atom. The molecule has 0 radical (unpaired) electrons. The van der Waals surface area contributed by atoms with Gasteiger partial charge in [-0.05, 0) is 11.8 Å². The van der Waals surface area contributed by atoms with Gasteiger partial charge in [0.05, 0.1) is 0 Å². The molecule has 0 saturated carbocycles. The Morgan fingerprint density at radius 3 is 2.43 bits per heavy atom. The summed E-state index contributed by atoms with van der Waals surface area (Å²) < 4.78 is 0. The van der Waals surface area contributed by atoms with Gasteiger partial charge in [-0.3, -0.25) is 0 Å². The molecule has 1 heterocycles. The van der Waals surface area contributed by atoms with Gasteiger partial charge in [0.2, 0.25) is 0 Å². The summed E-state index contributed by atoms with van der Waals surface area (Å²) in [6.45, 7) is 14.3. The van der Waals surface area contributed by atoms with Gasteiger partial charge in [-0.15, -0.1) is 19.0 Å². The van der Waals surface area contributed by atoms with Crippen LogP contribution in [-0.4, -0.2) is 37.6 Å². The molecule has 1 aliphatic heterocycles. The van der Waals surface area contributed by atoms with Crippen molar-refractivity contribution in [2.24, 2.45) is 5.41 Å². The fraction of sp³-hybridized carbons (Fsp3) is 0.818. The summed E-state index contributed by atoms with van der Waals surface area (Å²) in [6.07, 6.45) is 3.14.